The smallest absolute Gasteiger partial charge is 0.114 e. The largest absolute Gasteiger partial charge is 0.366 e. The monoisotopic (exact) mass is 392 g/mol. The molecule has 2 saturated heterocycles. The lowest BCUT2D eigenvalue weighted by Crippen LogP contribution is -2.58. The van der Waals surface area contributed by atoms with Gasteiger partial charge in [0.05, 0.1) is 24.7 Å². The lowest BCUT2D eigenvalue weighted by molar-refractivity contribution is 0.310. The molecule has 156 valence electrons. The van der Waals surface area contributed by atoms with E-state index in [0.29, 0.717) is 24.0 Å². The predicted molar refractivity (Wildman–Crippen MR) is 122 cm³/mol. The van der Waals surface area contributed by atoms with E-state index < -0.39 is 0 Å². The number of anilines is 1. The van der Waals surface area contributed by atoms with Gasteiger partial charge in [0.25, 0.3) is 0 Å². The number of amidine groups is 1. The van der Waals surface area contributed by atoms with E-state index in [9.17, 15) is 0 Å². The summed E-state index contributed by atoms with van der Waals surface area (Å²) in [5.74, 6) is 3.41. The van der Waals surface area contributed by atoms with Crippen LogP contribution in [0.25, 0.3) is 0 Å². The summed E-state index contributed by atoms with van der Waals surface area (Å²) in [4.78, 5) is 7.69. The molecule has 2 N–H and O–H groups in total. The van der Waals surface area contributed by atoms with E-state index in [1.54, 1.807) is 0 Å². The average molecular weight is 393 g/mol. The SMILES string of the molecule is C=CC1C2CC2CN(c2ccc(CC)cc2CC)[C@@H]1C1CN=C([C@@H]2CCCN2)N1. The number of fused-ring (bicyclic) bond motifs is 1. The number of piperidine rings is 1. The zero-order chi connectivity index (χ0) is 20.0. The van der Waals surface area contributed by atoms with Gasteiger partial charge in [-0.05, 0) is 67.7 Å². The van der Waals surface area contributed by atoms with Gasteiger partial charge in [0, 0.05) is 18.2 Å². The molecule has 1 aromatic carbocycles. The number of hydrogen-bond acceptors (Lipinski definition) is 4. The molecule has 0 bridgehead atoms. The van der Waals surface area contributed by atoms with Crippen molar-refractivity contribution in [1.29, 1.82) is 0 Å². The van der Waals surface area contributed by atoms with Gasteiger partial charge in [-0.2, -0.15) is 0 Å². The molecule has 3 heterocycles. The van der Waals surface area contributed by atoms with Crippen molar-refractivity contribution in [3.05, 3.63) is 42.0 Å². The van der Waals surface area contributed by atoms with E-state index >= 15 is 0 Å². The molecule has 4 heteroatoms. The highest BCUT2D eigenvalue weighted by molar-refractivity contribution is 5.89. The summed E-state index contributed by atoms with van der Waals surface area (Å²) >= 11 is 0. The first kappa shape index (κ1) is 19.2. The van der Waals surface area contributed by atoms with Crippen LogP contribution in [0.2, 0.25) is 0 Å². The number of nitrogens with zero attached hydrogens (tertiary/aromatic N) is 2. The number of hydrogen-bond donors (Lipinski definition) is 2. The molecule has 1 aliphatic carbocycles. The lowest BCUT2D eigenvalue weighted by Gasteiger charge is -2.45. The predicted octanol–water partition coefficient (Wildman–Crippen LogP) is 3.56. The minimum Gasteiger partial charge on any atom is -0.366 e. The summed E-state index contributed by atoms with van der Waals surface area (Å²) in [6.07, 6.45) is 8.27. The third-order valence-corrected chi connectivity index (χ3v) is 7.77. The van der Waals surface area contributed by atoms with Crippen molar-refractivity contribution >= 4 is 11.5 Å². The van der Waals surface area contributed by atoms with E-state index in [1.807, 2.05) is 0 Å². The van der Waals surface area contributed by atoms with E-state index in [1.165, 1.54) is 48.5 Å². The Hall–Kier alpha value is -1.81. The minimum atomic E-state index is 0.382. The Labute approximate surface area is 175 Å². The standard InChI is InChI=1S/C25H36N4/c1-4-16-9-10-23(17(5-2)12-16)29-15-18-13-20(18)19(6-3)24(29)22-14-27-25(28-22)21-8-7-11-26-21/h6,9-10,12,18-22,24,26H,3-5,7-8,11,13-15H2,1-2H3,(H,27,28)/t18?,19?,20?,21-,22?,24-/m0/s1. The second-order valence-corrected chi connectivity index (χ2v) is 9.41. The maximum atomic E-state index is 4.96. The Bertz CT molecular complexity index is 794. The number of nitrogens with one attached hydrogen (secondary N) is 2. The number of benzene rings is 1. The molecule has 29 heavy (non-hydrogen) atoms. The molecule has 1 aromatic rings. The van der Waals surface area contributed by atoms with Crippen LogP contribution in [0.5, 0.6) is 0 Å². The van der Waals surface area contributed by atoms with Gasteiger partial charge in [0.2, 0.25) is 0 Å². The molecule has 0 aromatic heterocycles. The highest BCUT2D eigenvalue weighted by atomic mass is 15.3. The Morgan fingerprint density at radius 3 is 2.90 bits per heavy atom. The van der Waals surface area contributed by atoms with Crippen LogP contribution in [0.4, 0.5) is 5.69 Å². The average Bonchev–Trinajstić information content (AvgIpc) is 3.13. The van der Waals surface area contributed by atoms with Gasteiger partial charge in [0.15, 0.2) is 0 Å². The van der Waals surface area contributed by atoms with Crippen LogP contribution in [-0.4, -0.2) is 43.6 Å². The maximum Gasteiger partial charge on any atom is 0.114 e. The Morgan fingerprint density at radius 1 is 1.28 bits per heavy atom. The molecule has 1 saturated carbocycles. The van der Waals surface area contributed by atoms with Gasteiger partial charge >= 0.3 is 0 Å². The third-order valence-electron chi connectivity index (χ3n) is 7.77. The molecule has 4 unspecified atom stereocenters. The fraction of sp³-hybridized carbons (Fsp3) is 0.640. The molecular formula is C25H36N4. The van der Waals surface area contributed by atoms with Gasteiger partial charge in [0.1, 0.15) is 5.84 Å². The van der Waals surface area contributed by atoms with Crippen LogP contribution >= 0.6 is 0 Å². The van der Waals surface area contributed by atoms with Crippen LogP contribution in [0, 0.1) is 17.8 Å². The normalized spacial score (nSPS) is 35.8. The van der Waals surface area contributed by atoms with Gasteiger partial charge < -0.3 is 15.5 Å². The number of rotatable bonds is 6. The van der Waals surface area contributed by atoms with Crippen molar-refractivity contribution in [2.75, 3.05) is 24.5 Å². The molecule has 0 spiro atoms. The molecule has 5 rings (SSSR count). The first-order valence-electron chi connectivity index (χ1n) is 11.8. The molecule has 3 fully saturated rings. The molecule has 0 radical (unpaired) electrons. The maximum absolute atomic E-state index is 4.96. The Balaban J connectivity index is 1.45. The molecule has 4 aliphatic rings. The quantitative estimate of drug-likeness (QED) is 0.727. The zero-order valence-electron chi connectivity index (χ0n) is 18.0. The first-order chi connectivity index (χ1) is 14.2. The Kier molecular flexibility index (Phi) is 5.15. The topological polar surface area (TPSA) is 39.7 Å². The lowest BCUT2D eigenvalue weighted by atomic mass is 9.83. The van der Waals surface area contributed by atoms with Crippen LogP contribution in [0.15, 0.2) is 35.8 Å². The van der Waals surface area contributed by atoms with Gasteiger partial charge in [-0.3, -0.25) is 4.99 Å². The van der Waals surface area contributed by atoms with Gasteiger partial charge in [-0.1, -0.05) is 32.1 Å². The van der Waals surface area contributed by atoms with Crippen molar-refractivity contribution in [2.45, 2.75) is 64.1 Å². The molecule has 0 amide bonds. The fourth-order valence-corrected chi connectivity index (χ4v) is 6.07. The molecule has 6 atom stereocenters. The van der Waals surface area contributed by atoms with E-state index in [4.69, 9.17) is 4.99 Å². The summed E-state index contributed by atoms with van der Waals surface area (Å²) in [7, 11) is 0. The molecule has 3 aliphatic heterocycles. The molecular weight excluding hydrogens is 356 g/mol. The van der Waals surface area contributed by atoms with Gasteiger partial charge in [-0.25, -0.2) is 0 Å². The van der Waals surface area contributed by atoms with Crippen molar-refractivity contribution in [3.63, 3.8) is 0 Å². The summed E-state index contributed by atoms with van der Waals surface area (Å²) in [5.41, 5.74) is 4.38. The minimum absolute atomic E-state index is 0.382. The highest BCUT2D eigenvalue weighted by Gasteiger charge is 2.54. The van der Waals surface area contributed by atoms with E-state index in [-0.39, 0.29) is 0 Å². The third kappa shape index (κ3) is 3.39. The van der Waals surface area contributed by atoms with Crippen molar-refractivity contribution in [2.24, 2.45) is 22.7 Å². The van der Waals surface area contributed by atoms with Crippen LogP contribution in [-0.2, 0) is 12.8 Å². The van der Waals surface area contributed by atoms with E-state index in [0.717, 1.165) is 37.8 Å². The zero-order valence-corrected chi connectivity index (χ0v) is 18.0. The van der Waals surface area contributed by atoms with Crippen molar-refractivity contribution in [1.82, 2.24) is 10.6 Å². The Morgan fingerprint density at radius 2 is 2.17 bits per heavy atom. The van der Waals surface area contributed by atoms with Crippen molar-refractivity contribution < 1.29 is 0 Å². The van der Waals surface area contributed by atoms with Crippen LogP contribution < -0.4 is 15.5 Å². The van der Waals surface area contributed by atoms with Gasteiger partial charge in [-0.15, -0.1) is 6.58 Å². The van der Waals surface area contributed by atoms with Crippen LogP contribution in [0.3, 0.4) is 0 Å². The van der Waals surface area contributed by atoms with Crippen molar-refractivity contribution in [3.8, 4) is 0 Å². The summed E-state index contributed by atoms with van der Waals surface area (Å²) in [6, 6.07) is 8.41. The first-order valence-corrected chi connectivity index (χ1v) is 11.8. The van der Waals surface area contributed by atoms with E-state index in [2.05, 4.69) is 60.2 Å². The second-order valence-electron chi connectivity index (χ2n) is 9.41. The second kappa shape index (κ2) is 7.79. The summed E-state index contributed by atoms with van der Waals surface area (Å²) < 4.78 is 0. The number of aliphatic imine (C=N–C) groups is 1. The highest BCUT2D eigenvalue weighted by Crippen LogP contribution is 2.53. The number of aryl methyl sites for hydroxylation is 2. The summed E-state index contributed by atoms with van der Waals surface area (Å²) in [5, 5.41) is 7.47. The van der Waals surface area contributed by atoms with Crippen LogP contribution in [0.1, 0.15) is 44.2 Å². The summed E-state index contributed by atoms with van der Waals surface area (Å²) in [6.45, 7) is 12.0. The molecule has 4 nitrogen and oxygen atoms in total. The fourth-order valence-electron chi connectivity index (χ4n) is 6.07.